The van der Waals surface area contributed by atoms with E-state index in [-0.39, 0.29) is 16.6 Å². The van der Waals surface area contributed by atoms with Crippen LogP contribution in [0.5, 0.6) is 0 Å². The summed E-state index contributed by atoms with van der Waals surface area (Å²) in [7, 11) is -3.79. The molecule has 3 aromatic rings. The minimum atomic E-state index is -3.79. The summed E-state index contributed by atoms with van der Waals surface area (Å²) in [6.45, 7) is 0.416. The highest BCUT2D eigenvalue weighted by Crippen LogP contribution is 2.24. The van der Waals surface area contributed by atoms with Crippen LogP contribution in [0.1, 0.15) is 11.1 Å². The molecule has 2 N–H and O–H groups in total. The smallest absolute Gasteiger partial charge is 0.261 e. The van der Waals surface area contributed by atoms with Crippen LogP contribution in [0.25, 0.3) is 6.08 Å². The van der Waals surface area contributed by atoms with Crippen LogP contribution in [0.15, 0.2) is 83.8 Å². The molecule has 0 saturated heterocycles. The third-order valence-electron chi connectivity index (χ3n) is 4.36. The molecule has 0 saturated carbocycles. The number of sulfonamides is 1. The summed E-state index contributed by atoms with van der Waals surface area (Å²) >= 11 is 6.00. The number of carbonyl (C=O) groups is 1. The standard InChI is InChI=1S/C23H20ClFN2O3S/c24-21-3-1-2-4-22(21)27-31(29,30)20-12-7-17(8-13-20)9-14-23(28)26-16-15-18-5-10-19(25)11-6-18/h1-14,27H,15-16H2,(H,26,28)/b14-9+. The van der Waals surface area contributed by atoms with E-state index in [1.54, 1.807) is 54.6 Å². The van der Waals surface area contributed by atoms with Gasteiger partial charge in [0.2, 0.25) is 5.91 Å². The maximum atomic E-state index is 12.9. The summed E-state index contributed by atoms with van der Waals surface area (Å²) in [4.78, 5) is 12.0. The third-order valence-corrected chi connectivity index (χ3v) is 6.07. The summed E-state index contributed by atoms with van der Waals surface area (Å²) in [6, 6.07) is 18.8. The Morgan fingerprint density at radius 1 is 0.968 bits per heavy atom. The summed E-state index contributed by atoms with van der Waals surface area (Å²) in [5, 5.41) is 3.05. The van der Waals surface area contributed by atoms with Gasteiger partial charge in [0.05, 0.1) is 15.6 Å². The van der Waals surface area contributed by atoms with E-state index >= 15 is 0 Å². The van der Waals surface area contributed by atoms with Gasteiger partial charge in [0, 0.05) is 12.6 Å². The average Bonchev–Trinajstić information content (AvgIpc) is 2.75. The zero-order valence-corrected chi connectivity index (χ0v) is 18.0. The highest BCUT2D eigenvalue weighted by atomic mass is 35.5. The number of para-hydroxylation sites is 1. The molecule has 31 heavy (non-hydrogen) atoms. The third kappa shape index (κ3) is 6.67. The zero-order valence-electron chi connectivity index (χ0n) is 16.4. The Morgan fingerprint density at radius 3 is 2.32 bits per heavy atom. The van der Waals surface area contributed by atoms with Crippen LogP contribution < -0.4 is 10.0 Å². The summed E-state index contributed by atoms with van der Waals surface area (Å²) < 4.78 is 40.4. The van der Waals surface area contributed by atoms with Gasteiger partial charge in [-0.15, -0.1) is 0 Å². The lowest BCUT2D eigenvalue weighted by molar-refractivity contribution is -0.116. The number of hydrogen-bond donors (Lipinski definition) is 2. The predicted octanol–water partition coefficient (Wildman–Crippen LogP) is 4.65. The second kappa shape index (κ2) is 10.2. The van der Waals surface area contributed by atoms with Crippen molar-refractivity contribution in [2.45, 2.75) is 11.3 Å². The van der Waals surface area contributed by atoms with E-state index in [2.05, 4.69) is 10.0 Å². The van der Waals surface area contributed by atoms with Crippen molar-refractivity contribution < 1.29 is 17.6 Å². The molecule has 0 heterocycles. The molecular weight excluding hydrogens is 439 g/mol. The van der Waals surface area contributed by atoms with Crippen LogP contribution in [-0.4, -0.2) is 20.9 Å². The number of halogens is 2. The van der Waals surface area contributed by atoms with Gasteiger partial charge in [-0.3, -0.25) is 9.52 Å². The van der Waals surface area contributed by atoms with E-state index in [4.69, 9.17) is 11.6 Å². The maximum Gasteiger partial charge on any atom is 0.261 e. The highest BCUT2D eigenvalue weighted by molar-refractivity contribution is 7.92. The Morgan fingerprint density at radius 2 is 1.65 bits per heavy atom. The molecular formula is C23H20ClFN2O3S. The minimum absolute atomic E-state index is 0.0771. The van der Waals surface area contributed by atoms with Gasteiger partial charge in [-0.2, -0.15) is 0 Å². The molecule has 0 radical (unpaired) electrons. The summed E-state index contributed by atoms with van der Waals surface area (Å²) in [5.41, 5.74) is 1.89. The fraction of sp³-hybridized carbons (Fsp3) is 0.0870. The first-order valence-corrected chi connectivity index (χ1v) is 11.3. The topological polar surface area (TPSA) is 75.3 Å². The first-order chi connectivity index (χ1) is 14.8. The van der Waals surface area contributed by atoms with Crippen molar-refractivity contribution in [3.05, 3.63) is 101 Å². The molecule has 0 fully saturated rings. The Bertz CT molecular complexity index is 1180. The van der Waals surface area contributed by atoms with Crippen molar-refractivity contribution in [1.82, 2.24) is 5.32 Å². The Hall–Kier alpha value is -3.16. The molecule has 0 atom stereocenters. The van der Waals surface area contributed by atoms with Crippen LogP contribution in [-0.2, 0) is 21.2 Å². The van der Waals surface area contributed by atoms with Gasteiger partial charge in [-0.05, 0) is 60.0 Å². The van der Waals surface area contributed by atoms with E-state index in [1.807, 2.05) is 0 Å². The van der Waals surface area contributed by atoms with Gasteiger partial charge >= 0.3 is 0 Å². The van der Waals surface area contributed by atoms with E-state index < -0.39 is 10.0 Å². The molecule has 0 aliphatic rings. The number of rotatable bonds is 8. The first-order valence-electron chi connectivity index (χ1n) is 9.41. The molecule has 0 unspecified atom stereocenters. The second-order valence-corrected chi connectivity index (χ2v) is 8.74. The van der Waals surface area contributed by atoms with Gasteiger partial charge in [-0.1, -0.05) is 48.0 Å². The molecule has 0 bridgehead atoms. The Balaban J connectivity index is 1.54. The normalized spacial score (nSPS) is 11.4. The van der Waals surface area contributed by atoms with Gasteiger partial charge < -0.3 is 5.32 Å². The molecule has 3 rings (SSSR count). The van der Waals surface area contributed by atoms with Crippen LogP contribution in [0.3, 0.4) is 0 Å². The molecule has 0 aliphatic carbocycles. The number of hydrogen-bond acceptors (Lipinski definition) is 3. The van der Waals surface area contributed by atoms with Crippen molar-refractivity contribution in [1.29, 1.82) is 0 Å². The summed E-state index contributed by atoms with van der Waals surface area (Å²) in [5.74, 6) is -0.576. The van der Waals surface area contributed by atoms with Crippen molar-refractivity contribution in [3.63, 3.8) is 0 Å². The molecule has 5 nitrogen and oxygen atoms in total. The maximum absolute atomic E-state index is 12.9. The number of carbonyl (C=O) groups excluding carboxylic acids is 1. The lowest BCUT2D eigenvalue weighted by atomic mass is 10.1. The number of amides is 1. The summed E-state index contributed by atoms with van der Waals surface area (Å²) in [6.07, 6.45) is 3.55. The number of nitrogens with one attached hydrogen (secondary N) is 2. The molecule has 0 aromatic heterocycles. The van der Waals surface area contributed by atoms with Crippen molar-refractivity contribution in [3.8, 4) is 0 Å². The van der Waals surface area contributed by atoms with Crippen LogP contribution >= 0.6 is 11.6 Å². The molecule has 8 heteroatoms. The SMILES string of the molecule is O=C(/C=C/c1ccc(S(=O)(=O)Nc2ccccc2Cl)cc1)NCCc1ccc(F)cc1. The first kappa shape index (κ1) is 22.5. The van der Waals surface area contributed by atoms with E-state index in [0.717, 1.165) is 5.56 Å². The van der Waals surface area contributed by atoms with Crippen molar-refractivity contribution in [2.24, 2.45) is 0 Å². The predicted molar refractivity (Wildman–Crippen MR) is 121 cm³/mol. The lowest BCUT2D eigenvalue weighted by Gasteiger charge is -2.09. The van der Waals surface area contributed by atoms with Gasteiger partial charge in [0.25, 0.3) is 10.0 Å². The monoisotopic (exact) mass is 458 g/mol. The van der Waals surface area contributed by atoms with E-state index in [9.17, 15) is 17.6 Å². The fourth-order valence-corrected chi connectivity index (χ4v) is 4.04. The molecule has 0 aliphatic heterocycles. The van der Waals surface area contributed by atoms with Crippen LogP contribution in [0.4, 0.5) is 10.1 Å². The quantitative estimate of drug-likeness (QED) is 0.482. The lowest BCUT2D eigenvalue weighted by Crippen LogP contribution is -2.23. The molecule has 0 spiro atoms. The van der Waals surface area contributed by atoms with E-state index in [1.165, 1.54) is 30.3 Å². The molecule has 3 aromatic carbocycles. The van der Waals surface area contributed by atoms with Gasteiger partial charge in [0.1, 0.15) is 5.82 Å². The van der Waals surface area contributed by atoms with Crippen molar-refractivity contribution in [2.75, 3.05) is 11.3 Å². The van der Waals surface area contributed by atoms with Crippen molar-refractivity contribution >= 4 is 39.3 Å². The largest absolute Gasteiger partial charge is 0.352 e. The van der Waals surface area contributed by atoms with Crippen LogP contribution in [0, 0.1) is 5.82 Å². The fourth-order valence-electron chi connectivity index (χ4n) is 2.72. The van der Waals surface area contributed by atoms with Gasteiger partial charge in [-0.25, -0.2) is 12.8 Å². The number of benzene rings is 3. The van der Waals surface area contributed by atoms with Crippen LogP contribution in [0.2, 0.25) is 5.02 Å². The number of anilines is 1. The minimum Gasteiger partial charge on any atom is -0.352 e. The zero-order chi connectivity index (χ0) is 22.3. The van der Waals surface area contributed by atoms with E-state index in [0.29, 0.717) is 29.2 Å². The molecule has 160 valence electrons. The Kier molecular flexibility index (Phi) is 7.44. The highest BCUT2D eigenvalue weighted by Gasteiger charge is 2.15. The Labute approximate surface area is 185 Å². The molecule has 1 amide bonds. The second-order valence-electron chi connectivity index (χ2n) is 6.66. The average molecular weight is 459 g/mol. The van der Waals surface area contributed by atoms with Gasteiger partial charge in [0.15, 0.2) is 0 Å².